The molecule has 1 atom stereocenters. The van der Waals surface area contributed by atoms with Crippen LogP contribution in [0.25, 0.3) is 0 Å². The maximum Gasteiger partial charge on any atom is 0.251 e. The Morgan fingerprint density at radius 3 is 2.70 bits per heavy atom. The van der Waals surface area contributed by atoms with Gasteiger partial charge in [0.15, 0.2) is 5.82 Å². The van der Waals surface area contributed by atoms with E-state index in [1.54, 1.807) is 43.3 Å². The molecule has 0 spiro atoms. The molecule has 3 N–H and O–H groups in total. The largest absolute Gasteiger partial charge is 0.495 e. The van der Waals surface area contributed by atoms with Crippen molar-refractivity contribution < 1.29 is 19.4 Å². The summed E-state index contributed by atoms with van der Waals surface area (Å²) in [7, 11) is 3.32. The van der Waals surface area contributed by atoms with Gasteiger partial charge in [0.05, 0.1) is 30.5 Å². The highest BCUT2D eigenvalue weighted by Crippen LogP contribution is 2.40. The van der Waals surface area contributed by atoms with Crippen LogP contribution in [0, 0.1) is 5.41 Å². The zero-order valence-corrected chi connectivity index (χ0v) is 22.4. The fourth-order valence-corrected chi connectivity index (χ4v) is 5.08. The van der Waals surface area contributed by atoms with Gasteiger partial charge in [0.25, 0.3) is 5.91 Å². The van der Waals surface area contributed by atoms with E-state index < -0.39 is 11.5 Å². The average Bonchev–Trinajstić information content (AvgIpc) is 3.39. The number of hydrogen-bond acceptors (Lipinski definition) is 8. The zero-order chi connectivity index (χ0) is 26.7. The third-order valence-electron chi connectivity index (χ3n) is 7.16. The van der Waals surface area contributed by atoms with E-state index in [0.717, 1.165) is 18.7 Å². The molecule has 1 fully saturated rings. The number of carbonyl (C=O) groups excluding carboxylic acids is 2. The van der Waals surface area contributed by atoms with Gasteiger partial charge in [0.1, 0.15) is 11.4 Å². The summed E-state index contributed by atoms with van der Waals surface area (Å²) in [5.74, 6) is 1.41. The van der Waals surface area contributed by atoms with E-state index in [9.17, 15) is 14.7 Å². The van der Waals surface area contributed by atoms with Crippen molar-refractivity contribution in [2.75, 3.05) is 42.4 Å². The van der Waals surface area contributed by atoms with Crippen LogP contribution in [-0.2, 0) is 4.79 Å². The standard InChI is InChI=1S/C27H38N6O4/c1-17(34)12-13-28-24(35)18-10-11-20(22(14-18)37-5)30-26-29-15-21-23(31-26)33(19-8-6-7-9-19)16-27(2,3)25(36)32(21)4/h10-11,14-15,17,19,34H,6-9,12-13,16H2,1-5H3,(H,28,35)(H,29,30,31). The highest BCUT2D eigenvalue weighted by Gasteiger charge is 2.41. The van der Waals surface area contributed by atoms with Gasteiger partial charge in [-0.2, -0.15) is 4.98 Å². The first-order chi connectivity index (χ1) is 17.6. The van der Waals surface area contributed by atoms with E-state index in [2.05, 4.69) is 20.5 Å². The number of ether oxygens (including phenoxy) is 1. The normalized spacial score (nSPS) is 18.3. The van der Waals surface area contributed by atoms with Crippen LogP contribution in [0.15, 0.2) is 24.4 Å². The number of hydrogen-bond donors (Lipinski definition) is 3. The fourth-order valence-electron chi connectivity index (χ4n) is 5.08. The monoisotopic (exact) mass is 510 g/mol. The second-order valence-corrected chi connectivity index (χ2v) is 10.7. The molecule has 0 radical (unpaired) electrons. The van der Waals surface area contributed by atoms with Gasteiger partial charge < -0.3 is 30.3 Å². The Kier molecular flexibility index (Phi) is 7.87. The Hall–Kier alpha value is -3.40. The van der Waals surface area contributed by atoms with Crippen molar-refractivity contribution in [2.45, 2.75) is 65.0 Å². The van der Waals surface area contributed by atoms with Gasteiger partial charge in [0, 0.05) is 31.7 Å². The van der Waals surface area contributed by atoms with Crippen molar-refractivity contribution in [1.29, 1.82) is 0 Å². The first kappa shape index (κ1) is 26.7. The van der Waals surface area contributed by atoms with Gasteiger partial charge in [-0.1, -0.05) is 12.8 Å². The number of anilines is 4. The Morgan fingerprint density at radius 2 is 2.03 bits per heavy atom. The minimum atomic E-state index is -0.555. The molecule has 200 valence electrons. The minimum absolute atomic E-state index is 0.0440. The second kappa shape index (κ2) is 10.9. The summed E-state index contributed by atoms with van der Waals surface area (Å²) in [4.78, 5) is 39.0. The number of nitrogens with one attached hydrogen (secondary N) is 2. The summed E-state index contributed by atoms with van der Waals surface area (Å²) in [5.41, 5.74) is 1.21. The molecule has 1 aromatic carbocycles. The Morgan fingerprint density at radius 1 is 1.30 bits per heavy atom. The topological polar surface area (TPSA) is 120 Å². The van der Waals surface area contributed by atoms with E-state index >= 15 is 0 Å². The van der Waals surface area contributed by atoms with Gasteiger partial charge in [-0.05, 0) is 58.2 Å². The zero-order valence-electron chi connectivity index (χ0n) is 22.4. The molecule has 1 unspecified atom stereocenters. The summed E-state index contributed by atoms with van der Waals surface area (Å²) in [5, 5.41) is 15.4. The number of carbonyl (C=O) groups is 2. The second-order valence-electron chi connectivity index (χ2n) is 10.7. The van der Waals surface area contributed by atoms with E-state index in [1.807, 2.05) is 13.8 Å². The summed E-state index contributed by atoms with van der Waals surface area (Å²) >= 11 is 0. The van der Waals surface area contributed by atoms with Crippen LogP contribution in [0.3, 0.4) is 0 Å². The SMILES string of the molecule is COc1cc(C(=O)NCCC(C)O)ccc1Nc1ncc2c(n1)N(C1CCCC1)CC(C)(C)C(=O)N2C. The van der Waals surface area contributed by atoms with E-state index in [1.165, 1.54) is 20.0 Å². The molecule has 0 saturated heterocycles. The van der Waals surface area contributed by atoms with Crippen LogP contribution >= 0.6 is 0 Å². The summed E-state index contributed by atoms with van der Waals surface area (Å²) in [6, 6.07) is 5.45. The smallest absolute Gasteiger partial charge is 0.251 e. The van der Waals surface area contributed by atoms with Crippen molar-refractivity contribution >= 4 is 35.0 Å². The van der Waals surface area contributed by atoms with Gasteiger partial charge >= 0.3 is 0 Å². The van der Waals surface area contributed by atoms with Crippen LogP contribution < -0.4 is 25.2 Å². The number of methoxy groups -OCH3 is 1. The van der Waals surface area contributed by atoms with Crippen LogP contribution in [0.4, 0.5) is 23.1 Å². The predicted octanol–water partition coefficient (Wildman–Crippen LogP) is 3.48. The van der Waals surface area contributed by atoms with Crippen LogP contribution in [0.2, 0.25) is 0 Å². The fraction of sp³-hybridized carbons (Fsp3) is 0.556. The van der Waals surface area contributed by atoms with Crippen molar-refractivity contribution in [2.24, 2.45) is 5.41 Å². The molecule has 1 aromatic heterocycles. The van der Waals surface area contributed by atoms with Gasteiger partial charge in [-0.3, -0.25) is 9.59 Å². The molecule has 37 heavy (non-hydrogen) atoms. The summed E-state index contributed by atoms with van der Waals surface area (Å²) in [6.07, 6.45) is 6.20. The van der Waals surface area contributed by atoms with Crippen molar-refractivity contribution in [1.82, 2.24) is 15.3 Å². The van der Waals surface area contributed by atoms with Gasteiger partial charge in [-0.15, -0.1) is 0 Å². The van der Waals surface area contributed by atoms with Crippen LogP contribution in [-0.4, -0.2) is 66.3 Å². The number of aliphatic hydroxyl groups is 1. The number of rotatable bonds is 8. The maximum atomic E-state index is 13.2. The Labute approximate surface area is 218 Å². The van der Waals surface area contributed by atoms with E-state index in [0.29, 0.717) is 54.2 Å². The van der Waals surface area contributed by atoms with Crippen molar-refractivity contribution in [3.8, 4) is 5.75 Å². The molecule has 2 heterocycles. The molecule has 2 aliphatic rings. The Bertz CT molecular complexity index is 1150. The Balaban J connectivity index is 1.61. The molecular formula is C27H38N6O4. The number of amides is 2. The predicted molar refractivity (Wildman–Crippen MR) is 144 cm³/mol. The first-order valence-electron chi connectivity index (χ1n) is 12.9. The van der Waals surface area contributed by atoms with Gasteiger partial charge in [-0.25, -0.2) is 4.98 Å². The van der Waals surface area contributed by atoms with Crippen LogP contribution in [0.1, 0.15) is 63.2 Å². The van der Waals surface area contributed by atoms with E-state index in [4.69, 9.17) is 9.72 Å². The summed E-state index contributed by atoms with van der Waals surface area (Å²) in [6.45, 7) is 6.63. The van der Waals surface area contributed by atoms with Gasteiger partial charge in [0.2, 0.25) is 11.9 Å². The molecule has 10 heteroatoms. The molecule has 4 rings (SSSR count). The molecule has 2 amide bonds. The highest BCUT2D eigenvalue weighted by atomic mass is 16.5. The molecule has 2 aromatic rings. The third kappa shape index (κ3) is 5.79. The lowest BCUT2D eigenvalue weighted by molar-refractivity contribution is -0.125. The third-order valence-corrected chi connectivity index (χ3v) is 7.16. The molecule has 0 bridgehead atoms. The molecule has 10 nitrogen and oxygen atoms in total. The van der Waals surface area contributed by atoms with Crippen molar-refractivity contribution in [3.05, 3.63) is 30.0 Å². The first-order valence-corrected chi connectivity index (χ1v) is 12.9. The number of aliphatic hydroxyl groups excluding tert-OH is 1. The number of fused-ring (bicyclic) bond motifs is 1. The molecular weight excluding hydrogens is 472 g/mol. The number of benzene rings is 1. The maximum absolute atomic E-state index is 13.2. The van der Waals surface area contributed by atoms with Crippen LogP contribution in [0.5, 0.6) is 5.75 Å². The lowest BCUT2D eigenvalue weighted by atomic mass is 9.91. The number of aromatic nitrogens is 2. The quantitative estimate of drug-likeness (QED) is 0.494. The summed E-state index contributed by atoms with van der Waals surface area (Å²) < 4.78 is 5.54. The molecule has 1 aliphatic carbocycles. The minimum Gasteiger partial charge on any atom is -0.495 e. The van der Waals surface area contributed by atoms with Crippen molar-refractivity contribution in [3.63, 3.8) is 0 Å². The molecule has 1 aliphatic heterocycles. The average molecular weight is 511 g/mol. The lowest BCUT2D eigenvalue weighted by Gasteiger charge is -2.34. The number of nitrogens with zero attached hydrogens (tertiary/aromatic N) is 4. The lowest BCUT2D eigenvalue weighted by Crippen LogP contribution is -2.45. The highest BCUT2D eigenvalue weighted by molar-refractivity contribution is 6.01. The molecule has 1 saturated carbocycles. The van der Waals surface area contributed by atoms with E-state index in [-0.39, 0.29) is 11.8 Å².